The summed E-state index contributed by atoms with van der Waals surface area (Å²) < 4.78 is 6.84. The van der Waals surface area contributed by atoms with Gasteiger partial charge in [0.05, 0.1) is 11.9 Å². The van der Waals surface area contributed by atoms with Crippen LogP contribution in [0.15, 0.2) is 12.4 Å². The highest BCUT2D eigenvalue weighted by atomic mass is 16.5. The number of nitrogens with two attached hydrogens (primary N) is 1. The molecule has 0 bridgehead atoms. The van der Waals surface area contributed by atoms with E-state index in [-0.39, 0.29) is 12.5 Å². The van der Waals surface area contributed by atoms with Crippen molar-refractivity contribution in [1.82, 2.24) is 9.78 Å². The first-order valence-corrected chi connectivity index (χ1v) is 5.86. The number of hydrogen-bond donors (Lipinski definition) is 2. The van der Waals surface area contributed by atoms with Crippen LogP contribution in [0.5, 0.6) is 0 Å². The summed E-state index contributed by atoms with van der Waals surface area (Å²) in [6.07, 6.45) is 5.71. The predicted octanol–water partition coefficient (Wildman–Crippen LogP) is 0.207. The molecule has 0 saturated carbocycles. The lowest BCUT2D eigenvalue weighted by Gasteiger charge is -2.22. The average molecular weight is 238 g/mol. The summed E-state index contributed by atoms with van der Waals surface area (Å²) in [5, 5.41) is 7.37. The Hall–Kier alpha value is -1.56. The summed E-state index contributed by atoms with van der Waals surface area (Å²) in [5.74, 6) is 0.271. The second-order valence-electron chi connectivity index (χ2n) is 4.33. The zero-order valence-electron chi connectivity index (χ0n) is 9.76. The summed E-state index contributed by atoms with van der Waals surface area (Å²) in [6, 6.07) is 0. The third kappa shape index (κ3) is 3.74. The van der Waals surface area contributed by atoms with Gasteiger partial charge in [0.2, 0.25) is 5.91 Å². The van der Waals surface area contributed by atoms with E-state index in [1.54, 1.807) is 12.4 Å². The Morgan fingerprint density at radius 1 is 1.59 bits per heavy atom. The fraction of sp³-hybridized carbons (Fsp3) is 0.636. The number of aromatic nitrogens is 2. The number of carbonyl (C=O) groups excluding carboxylic acids is 1. The summed E-state index contributed by atoms with van der Waals surface area (Å²) >= 11 is 0. The van der Waals surface area contributed by atoms with Crippen LogP contribution in [-0.4, -0.2) is 35.4 Å². The lowest BCUT2D eigenvalue weighted by atomic mass is 10.0. The summed E-state index contributed by atoms with van der Waals surface area (Å²) in [5.41, 5.74) is 6.02. The number of nitrogens with zero attached hydrogens (tertiary/aromatic N) is 2. The molecule has 0 unspecified atom stereocenters. The SMILES string of the molecule is NC(=O)Cn1cc(NCC2CCOCC2)cn1. The fourth-order valence-electron chi connectivity index (χ4n) is 1.91. The maximum absolute atomic E-state index is 10.7. The van der Waals surface area contributed by atoms with E-state index >= 15 is 0 Å². The monoisotopic (exact) mass is 238 g/mol. The molecule has 2 rings (SSSR count). The van der Waals surface area contributed by atoms with E-state index in [0.717, 1.165) is 38.3 Å². The number of nitrogens with one attached hydrogen (secondary N) is 1. The van der Waals surface area contributed by atoms with Gasteiger partial charge in [0, 0.05) is 26.0 Å². The van der Waals surface area contributed by atoms with Gasteiger partial charge in [0.25, 0.3) is 0 Å². The Labute approximate surface area is 100 Å². The van der Waals surface area contributed by atoms with Crippen LogP contribution in [0.25, 0.3) is 0 Å². The quantitative estimate of drug-likeness (QED) is 0.768. The molecule has 2 heterocycles. The van der Waals surface area contributed by atoms with E-state index in [1.807, 2.05) is 0 Å². The molecular formula is C11H18N4O2. The van der Waals surface area contributed by atoms with Crippen LogP contribution in [0.3, 0.4) is 0 Å². The highest BCUT2D eigenvalue weighted by molar-refractivity contribution is 5.73. The van der Waals surface area contributed by atoms with Crippen molar-refractivity contribution in [3.8, 4) is 0 Å². The summed E-state index contributed by atoms with van der Waals surface area (Å²) in [7, 11) is 0. The van der Waals surface area contributed by atoms with Gasteiger partial charge < -0.3 is 15.8 Å². The lowest BCUT2D eigenvalue weighted by Crippen LogP contribution is -2.22. The first-order chi connectivity index (χ1) is 8.24. The molecule has 17 heavy (non-hydrogen) atoms. The number of ether oxygens (including phenoxy) is 1. The Bertz CT molecular complexity index is 371. The molecule has 1 saturated heterocycles. The molecular weight excluding hydrogens is 220 g/mol. The van der Waals surface area contributed by atoms with Crippen LogP contribution in [-0.2, 0) is 16.1 Å². The van der Waals surface area contributed by atoms with Crippen LogP contribution in [0.4, 0.5) is 5.69 Å². The topological polar surface area (TPSA) is 82.2 Å². The molecule has 3 N–H and O–H groups in total. The van der Waals surface area contributed by atoms with E-state index in [1.165, 1.54) is 4.68 Å². The number of primary amides is 1. The van der Waals surface area contributed by atoms with E-state index in [9.17, 15) is 4.79 Å². The lowest BCUT2D eigenvalue weighted by molar-refractivity contribution is -0.118. The molecule has 1 aromatic rings. The molecule has 0 spiro atoms. The molecule has 0 aliphatic carbocycles. The van der Waals surface area contributed by atoms with Crippen molar-refractivity contribution in [2.24, 2.45) is 11.7 Å². The Morgan fingerprint density at radius 3 is 3.06 bits per heavy atom. The zero-order chi connectivity index (χ0) is 12.1. The molecule has 0 atom stereocenters. The normalized spacial score (nSPS) is 16.9. The Morgan fingerprint density at radius 2 is 2.35 bits per heavy atom. The largest absolute Gasteiger partial charge is 0.382 e. The zero-order valence-corrected chi connectivity index (χ0v) is 9.76. The Balaban J connectivity index is 1.78. The smallest absolute Gasteiger partial charge is 0.239 e. The molecule has 1 aliphatic heterocycles. The third-order valence-corrected chi connectivity index (χ3v) is 2.89. The molecule has 94 valence electrons. The number of rotatable bonds is 5. The van der Waals surface area contributed by atoms with Gasteiger partial charge in [0.15, 0.2) is 0 Å². The van der Waals surface area contributed by atoms with E-state index < -0.39 is 0 Å². The standard InChI is InChI=1S/C11H18N4O2/c12-11(16)8-15-7-10(6-14-15)13-5-9-1-3-17-4-2-9/h6-7,9,13H,1-5,8H2,(H2,12,16). The molecule has 1 amide bonds. The van der Waals surface area contributed by atoms with Crippen LogP contribution < -0.4 is 11.1 Å². The molecule has 0 radical (unpaired) electrons. The molecule has 1 fully saturated rings. The van der Waals surface area contributed by atoms with Crippen LogP contribution in [0.1, 0.15) is 12.8 Å². The van der Waals surface area contributed by atoms with Crippen molar-refractivity contribution in [3.05, 3.63) is 12.4 Å². The van der Waals surface area contributed by atoms with Gasteiger partial charge in [-0.1, -0.05) is 0 Å². The first-order valence-electron chi connectivity index (χ1n) is 5.86. The minimum atomic E-state index is -0.385. The summed E-state index contributed by atoms with van der Waals surface area (Å²) in [4.78, 5) is 10.7. The van der Waals surface area contributed by atoms with Gasteiger partial charge in [0.1, 0.15) is 6.54 Å². The van der Waals surface area contributed by atoms with Gasteiger partial charge in [-0.05, 0) is 18.8 Å². The number of anilines is 1. The highest BCUT2D eigenvalue weighted by Gasteiger charge is 2.13. The second kappa shape index (κ2) is 5.67. The third-order valence-electron chi connectivity index (χ3n) is 2.89. The van der Waals surface area contributed by atoms with Crippen LogP contribution >= 0.6 is 0 Å². The Kier molecular flexibility index (Phi) is 3.98. The fourth-order valence-corrected chi connectivity index (χ4v) is 1.91. The molecule has 6 heteroatoms. The number of hydrogen-bond acceptors (Lipinski definition) is 4. The molecule has 0 aromatic carbocycles. The maximum Gasteiger partial charge on any atom is 0.239 e. The maximum atomic E-state index is 10.7. The van der Waals surface area contributed by atoms with Crippen LogP contribution in [0, 0.1) is 5.92 Å². The molecule has 6 nitrogen and oxygen atoms in total. The van der Waals surface area contributed by atoms with Gasteiger partial charge in [-0.2, -0.15) is 5.10 Å². The van der Waals surface area contributed by atoms with Gasteiger partial charge in [-0.15, -0.1) is 0 Å². The minimum absolute atomic E-state index is 0.124. The minimum Gasteiger partial charge on any atom is -0.382 e. The molecule has 1 aromatic heterocycles. The van der Waals surface area contributed by atoms with Gasteiger partial charge in [-0.3, -0.25) is 9.48 Å². The van der Waals surface area contributed by atoms with Crippen molar-refractivity contribution in [3.63, 3.8) is 0 Å². The van der Waals surface area contributed by atoms with E-state index in [4.69, 9.17) is 10.5 Å². The highest BCUT2D eigenvalue weighted by Crippen LogP contribution is 2.15. The van der Waals surface area contributed by atoms with Gasteiger partial charge in [-0.25, -0.2) is 0 Å². The predicted molar refractivity (Wildman–Crippen MR) is 63.5 cm³/mol. The summed E-state index contributed by atoms with van der Waals surface area (Å²) in [6.45, 7) is 2.76. The van der Waals surface area contributed by atoms with Crippen molar-refractivity contribution in [1.29, 1.82) is 0 Å². The second-order valence-corrected chi connectivity index (χ2v) is 4.33. The number of amides is 1. The van der Waals surface area contributed by atoms with Crippen molar-refractivity contribution < 1.29 is 9.53 Å². The number of carbonyl (C=O) groups is 1. The van der Waals surface area contributed by atoms with Crippen LogP contribution in [0.2, 0.25) is 0 Å². The molecule has 1 aliphatic rings. The van der Waals surface area contributed by atoms with E-state index in [2.05, 4.69) is 10.4 Å². The van der Waals surface area contributed by atoms with Crippen molar-refractivity contribution in [2.45, 2.75) is 19.4 Å². The average Bonchev–Trinajstić information content (AvgIpc) is 2.75. The van der Waals surface area contributed by atoms with Crippen molar-refractivity contribution >= 4 is 11.6 Å². The first kappa shape index (κ1) is 11.9. The van der Waals surface area contributed by atoms with E-state index in [0.29, 0.717) is 5.92 Å². The van der Waals surface area contributed by atoms with Gasteiger partial charge >= 0.3 is 0 Å². The van der Waals surface area contributed by atoms with Crippen molar-refractivity contribution in [2.75, 3.05) is 25.1 Å².